The minimum Gasteiger partial charge on any atom is -0.378 e. The van der Waals surface area contributed by atoms with Crippen LogP contribution in [0.5, 0.6) is 0 Å². The highest BCUT2D eigenvalue weighted by atomic mass is 32.2. The molecule has 0 saturated carbocycles. The molecule has 2 N–H and O–H groups in total. The van der Waals surface area contributed by atoms with E-state index in [1.54, 1.807) is 13.0 Å². The molecule has 3 rings (SSSR count). The number of nitrogens with zero attached hydrogens (tertiary/aromatic N) is 2. The monoisotopic (exact) mass is 474 g/mol. The van der Waals surface area contributed by atoms with E-state index in [0.29, 0.717) is 38.5 Å². The largest absolute Gasteiger partial charge is 0.378 e. The number of anilines is 1. The van der Waals surface area contributed by atoms with Gasteiger partial charge in [0.05, 0.1) is 23.7 Å². The van der Waals surface area contributed by atoms with Gasteiger partial charge in [0.15, 0.2) is 0 Å². The Bertz CT molecular complexity index is 1080. The molecule has 178 valence electrons. The third-order valence-electron chi connectivity index (χ3n) is 5.39. The number of carbonyl (C=O) groups excluding carboxylic acids is 2. The van der Waals surface area contributed by atoms with Crippen molar-refractivity contribution in [2.75, 3.05) is 45.3 Å². The van der Waals surface area contributed by atoms with Crippen LogP contribution < -0.4 is 15.5 Å². The second-order valence-corrected chi connectivity index (χ2v) is 10.1. The van der Waals surface area contributed by atoms with Gasteiger partial charge in [-0.15, -0.1) is 0 Å². The zero-order valence-electron chi connectivity index (χ0n) is 19.1. The molecule has 10 heteroatoms. The smallest absolute Gasteiger partial charge is 0.254 e. The third kappa shape index (κ3) is 6.10. The van der Waals surface area contributed by atoms with Crippen molar-refractivity contribution in [3.8, 4) is 0 Å². The fraction of sp³-hybridized carbons (Fsp3) is 0.391. The first-order chi connectivity index (χ1) is 15.7. The molecule has 0 radical (unpaired) electrons. The van der Waals surface area contributed by atoms with Gasteiger partial charge in [-0.2, -0.15) is 0 Å². The van der Waals surface area contributed by atoms with E-state index in [1.165, 1.54) is 26.2 Å². The molecule has 1 heterocycles. The number of nitrogens with one attached hydrogen (secondary N) is 2. The number of rotatable bonds is 8. The van der Waals surface area contributed by atoms with Crippen LogP contribution in [0.2, 0.25) is 0 Å². The number of carbonyl (C=O) groups is 2. The topological polar surface area (TPSA) is 108 Å². The summed E-state index contributed by atoms with van der Waals surface area (Å²) in [5.41, 5.74) is 1.74. The van der Waals surface area contributed by atoms with Gasteiger partial charge in [-0.3, -0.25) is 9.59 Å². The highest BCUT2D eigenvalue weighted by Crippen LogP contribution is 2.26. The van der Waals surface area contributed by atoms with Gasteiger partial charge in [0.2, 0.25) is 15.9 Å². The van der Waals surface area contributed by atoms with Crippen LogP contribution in [0.25, 0.3) is 0 Å². The molecule has 0 bridgehead atoms. The van der Waals surface area contributed by atoms with Crippen molar-refractivity contribution in [2.45, 2.75) is 24.4 Å². The molecule has 2 aromatic rings. The predicted molar refractivity (Wildman–Crippen MR) is 126 cm³/mol. The van der Waals surface area contributed by atoms with Gasteiger partial charge < -0.3 is 20.3 Å². The van der Waals surface area contributed by atoms with Crippen LogP contribution in [0.3, 0.4) is 0 Å². The molecule has 33 heavy (non-hydrogen) atoms. The molecule has 1 fully saturated rings. The molecule has 0 spiro atoms. The SMILES string of the molecule is CC(NC(=O)c1cc(S(=O)(=O)N(C)C)ccc1N1CCOCC1)C(=O)NCc1ccccc1. The lowest BCUT2D eigenvalue weighted by Gasteiger charge is -2.31. The van der Waals surface area contributed by atoms with E-state index in [-0.39, 0.29) is 16.4 Å². The summed E-state index contributed by atoms with van der Waals surface area (Å²) in [5.74, 6) is -0.855. The van der Waals surface area contributed by atoms with E-state index in [1.807, 2.05) is 35.2 Å². The van der Waals surface area contributed by atoms with Crippen LogP contribution in [0.1, 0.15) is 22.8 Å². The van der Waals surface area contributed by atoms with Crippen LogP contribution >= 0.6 is 0 Å². The van der Waals surface area contributed by atoms with E-state index in [0.717, 1.165) is 9.87 Å². The maximum atomic E-state index is 13.2. The van der Waals surface area contributed by atoms with E-state index < -0.39 is 22.0 Å². The molecule has 0 aliphatic carbocycles. The van der Waals surface area contributed by atoms with Crippen LogP contribution in [0.15, 0.2) is 53.4 Å². The zero-order chi connectivity index (χ0) is 24.0. The van der Waals surface area contributed by atoms with Crippen molar-refractivity contribution in [1.82, 2.24) is 14.9 Å². The molecule has 2 aromatic carbocycles. The number of amides is 2. The summed E-state index contributed by atoms with van der Waals surface area (Å²) in [5, 5.41) is 5.50. The van der Waals surface area contributed by atoms with Gasteiger partial charge >= 0.3 is 0 Å². The number of hydrogen-bond acceptors (Lipinski definition) is 6. The van der Waals surface area contributed by atoms with Gasteiger partial charge in [0.1, 0.15) is 6.04 Å². The van der Waals surface area contributed by atoms with Gasteiger partial charge in [-0.25, -0.2) is 12.7 Å². The van der Waals surface area contributed by atoms with Gasteiger partial charge in [-0.1, -0.05) is 30.3 Å². The van der Waals surface area contributed by atoms with Crippen LogP contribution in [0, 0.1) is 0 Å². The summed E-state index contributed by atoms with van der Waals surface area (Å²) in [6, 6.07) is 13.1. The number of sulfonamides is 1. The summed E-state index contributed by atoms with van der Waals surface area (Å²) in [7, 11) is -0.864. The molecule has 0 aromatic heterocycles. The maximum absolute atomic E-state index is 13.2. The lowest BCUT2D eigenvalue weighted by molar-refractivity contribution is -0.122. The van der Waals surface area contributed by atoms with Gasteiger partial charge in [0.25, 0.3) is 5.91 Å². The van der Waals surface area contributed by atoms with E-state index >= 15 is 0 Å². The zero-order valence-corrected chi connectivity index (χ0v) is 19.9. The molecular weight excluding hydrogens is 444 g/mol. The van der Waals surface area contributed by atoms with Crippen molar-refractivity contribution in [3.05, 3.63) is 59.7 Å². The Labute approximate surface area is 194 Å². The first kappa shape index (κ1) is 24.7. The Balaban J connectivity index is 1.80. The number of benzene rings is 2. The summed E-state index contributed by atoms with van der Waals surface area (Å²) >= 11 is 0. The third-order valence-corrected chi connectivity index (χ3v) is 7.20. The molecule has 1 unspecified atom stereocenters. The first-order valence-electron chi connectivity index (χ1n) is 10.7. The lowest BCUT2D eigenvalue weighted by atomic mass is 10.1. The fourth-order valence-electron chi connectivity index (χ4n) is 3.43. The lowest BCUT2D eigenvalue weighted by Crippen LogP contribution is -2.45. The Morgan fingerprint density at radius 2 is 1.76 bits per heavy atom. The summed E-state index contributed by atoms with van der Waals surface area (Å²) in [4.78, 5) is 27.7. The molecule has 9 nitrogen and oxygen atoms in total. The predicted octanol–water partition coefficient (Wildman–Crippen LogP) is 1.21. The Morgan fingerprint density at radius 1 is 1.09 bits per heavy atom. The second kappa shape index (κ2) is 10.8. The molecule has 2 amide bonds. The van der Waals surface area contributed by atoms with Crippen molar-refractivity contribution < 1.29 is 22.7 Å². The average molecular weight is 475 g/mol. The molecule has 1 saturated heterocycles. The van der Waals surface area contributed by atoms with E-state index in [2.05, 4.69) is 10.6 Å². The number of morpholine rings is 1. The first-order valence-corrected chi connectivity index (χ1v) is 12.2. The highest BCUT2D eigenvalue weighted by Gasteiger charge is 2.26. The van der Waals surface area contributed by atoms with Crippen LogP contribution in [-0.4, -0.2) is 71.0 Å². The van der Waals surface area contributed by atoms with Gasteiger partial charge in [0, 0.05) is 39.4 Å². The molecule has 1 aliphatic heterocycles. The average Bonchev–Trinajstić information content (AvgIpc) is 2.83. The molecule has 1 aliphatic rings. The van der Waals surface area contributed by atoms with E-state index in [9.17, 15) is 18.0 Å². The maximum Gasteiger partial charge on any atom is 0.254 e. The van der Waals surface area contributed by atoms with Crippen molar-refractivity contribution in [1.29, 1.82) is 0 Å². The number of ether oxygens (including phenoxy) is 1. The summed E-state index contributed by atoms with van der Waals surface area (Å²) < 4.78 is 31.8. The minimum absolute atomic E-state index is 0.0100. The van der Waals surface area contributed by atoms with Crippen LogP contribution in [-0.2, 0) is 26.1 Å². The fourth-order valence-corrected chi connectivity index (χ4v) is 4.35. The quantitative estimate of drug-likeness (QED) is 0.596. The number of hydrogen-bond donors (Lipinski definition) is 2. The normalized spacial score (nSPS) is 15.2. The minimum atomic E-state index is -3.73. The van der Waals surface area contributed by atoms with Crippen LogP contribution in [0.4, 0.5) is 5.69 Å². The summed E-state index contributed by atoms with van der Waals surface area (Å²) in [6.07, 6.45) is 0. The van der Waals surface area contributed by atoms with Gasteiger partial charge in [-0.05, 0) is 30.7 Å². The summed E-state index contributed by atoms with van der Waals surface area (Å²) in [6.45, 7) is 4.11. The molecular formula is C23H30N4O5S. The van der Waals surface area contributed by atoms with Crippen molar-refractivity contribution in [2.24, 2.45) is 0 Å². The standard InChI is InChI=1S/C23H30N4O5S/c1-17(22(28)24-16-18-7-5-4-6-8-18)25-23(29)20-15-19(33(30,31)26(2)3)9-10-21(20)27-11-13-32-14-12-27/h4-10,15,17H,11-14,16H2,1-3H3,(H,24,28)(H,25,29). The highest BCUT2D eigenvalue weighted by molar-refractivity contribution is 7.89. The van der Waals surface area contributed by atoms with E-state index in [4.69, 9.17) is 4.74 Å². The van der Waals surface area contributed by atoms with Crippen molar-refractivity contribution in [3.63, 3.8) is 0 Å². The Hall–Kier alpha value is -2.95. The molecule has 1 atom stereocenters. The Morgan fingerprint density at radius 3 is 2.39 bits per heavy atom. The second-order valence-electron chi connectivity index (χ2n) is 7.96. The Kier molecular flexibility index (Phi) is 8.06. The van der Waals surface area contributed by atoms with Crippen molar-refractivity contribution >= 4 is 27.5 Å².